The molecule has 0 spiro atoms. The lowest BCUT2D eigenvalue weighted by molar-refractivity contribution is -0.140. The summed E-state index contributed by atoms with van der Waals surface area (Å²) in [7, 11) is 3.05. The van der Waals surface area contributed by atoms with Gasteiger partial charge >= 0.3 is 5.97 Å². The molecular weight excluding hydrogens is 218 g/mol. The maximum Gasteiger partial charge on any atom is 0.307 e. The molecule has 0 radical (unpaired) electrons. The highest BCUT2D eigenvalue weighted by Crippen LogP contribution is 2.27. The summed E-state index contributed by atoms with van der Waals surface area (Å²) in [4.78, 5) is 11.0. The Kier molecular flexibility index (Phi) is 4.82. The largest absolute Gasteiger partial charge is 0.496 e. The molecule has 1 rings (SSSR count). The van der Waals surface area contributed by atoms with Gasteiger partial charge in [-0.1, -0.05) is 0 Å². The Bertz CT molecular complexity index is 402. The fraction of sp³-hybridized carbons (Fsp3) is 0.462. The highest BCUT2D eigenvalue weighted by molar-refractivity contribution is 5.70. The lowest BCUT2D eigenvalue weighted by Gasteiger charge is -2.13. The van der Waals surface area contributed by atoms with Crippen LogP contribution in [-0.4, -0.2) is 26.7 Å². The summed E-state index contributed by atoms with van der Waals surface area (Å²) in [6, 6.07) is 3.88. The summed E-state index contributed by atoms with van der Waals surface area (Å²) >= 11 is 0. The summed E-state index contributed by atoms with van der Waals surface area (Å²) in [6.07, 6.45) is 0.362. The van der Waals surface area contributed by atoms with E-state index in [2.05, 4.69) is 10.1 Å². The number of nitrogens with one attached hydrogen (secondary N) is 1. The normalized spacial score (nSPS) is 9.88. The molecule has 0 heterocycles. The van der Waals surface area contributed by atoms with Gasteiger partial charge in [0.05, 0.1) is 20.6 Å². The fourth-order valence-corrected chi connectivity index (χ4v) is 1.61. The van der Waals surface area contributed by atoms with Gasteiger partial charge in [0.25, 0.3) is 0 Å². The van der Waals surface area contributed by atoms with E-state index in [4.69, 9.17) is 4.74 Å². The van der Waals surface area contributed by atoms with Crippen molar-refractivity contribution >= 4 is 11.7 Å². The zero-order valence-electron chi connectivity index (χ0n) is 10.8. The summed E-state index contributed by atoms with van der Waals surface area (Å²) in [6.45, 7) is 4.61. The van der Waals surface area contributed by atoms with E-state index in [1.807, 2.05) is 26.0 Å². The molecule has 0 unspecified atom stereocenters. The number of esters is 1. The number of rotatable bonds is 5. The number of benzene rings is 1. The third-order valence-corrected chi connectivity index (χ3v) is 2.83. The number of hydrogen-bond acceptors (Lipinski definition) is 4. The van der Waals surface area contributed by atoms with E-state index in [9.17, 15) is 4.79 Å². The number of methoxy groups -OCH3 is 2. The van der Waals surface area contributed by atoms with Gasteiger partial charge in [-0.3, -0.25) is 4.79 Å². The Morgan fingerprint density at radius 3 is 2.53 bits per heavy atom. The van der Waals surface area contributed by atoms with Crippen molar-refractivity contribution in [3.8, 4) is 5.75 Å². The molecule has 0 fully saturated rings. The van der Waals surface area contributed by atoms with Gasteiger partial charge in [0.1, 0.15) is 5.75 Å². The minimum Gasteiger partial charge on any atom is -0.496 e. The Labute approximate surface area is 102 Å². The van der Waals surface area contributed by atoms with Gasteiger partial charge in [-0.25, -0.2) is 0 Å². The molecule has 0 aliphatic carbocycles. The predicted octanol–water partition coefficient (Wildman–Crippen LogP) is 2.29. The topological polar surface area (TPSA) is 47.6 Å². The molecule has 1 aromatic carbocycles. The average molecular weight is 237 g/mol. The number of carbonyl (C=O) groups excluding carboxylic acids is 1. The maximum atomic E-state index is 11.0. The van der Waals surface area contributed by atoms with Crippen LogP contribution in [0.5, 0.6) is 5.75 Å². The van der Waals surface area contributed by atoms with Gasteiger partial charge in [-0.2, -0.15) is 0 Å². The number of carbonyl (C=O) groups is 1. The van der Waals surface area contributed by atoms with E-state index < -0.39 is 0 Å². The minimum absolute atomic E-state index is 0.208. The van der Waals surface area contributed by atoms with Crippen molar-refractivity contribution in [2.75, 3.05) is 26.1 Å². The monoisotopic (exact) mass is 237 g/mol. The molecule has 0 amide bonds. The molecule has 4 heteroatoms. The molecule has 1 aromatic rings. The molecule has 0 aliphatic heterocycles. The Balaban J connectivity index is 2.66. The SMILES string of the molecule is COC(=O)CCNc1ccc(OC)c(C)c1C. The first-order chi connectivity index (χ1) is 8.10. The molecule has 17 heavy (non-hydrogen) atoms. The molecule has 0 aliphatic rings. The van der Waals surface area contributed by atoms with Crippen LogP contribution in [-0.2, 0) is 9.53 Å². The molecule has 0 saturated heterocycles. The molecule has 4 nitrogen and oxygen atoms in total. The van der Waals surface area contributed by atoms with Crippen LogP contribution >= 0.6 is 0 Å². The third kappa shape index (κ3) is 3.37. The van der Waals surface area contributed by atoms with Crippen LogP contribution in [0.1, 0.15) is 17.5 Å². The van der Waals surface area contributed by atoms with E-state index in [-0.39, 0.29) is 5.97 Å². The first-order valence-electron chi connectivity index (χ1n) is 5.55. The standard InChI is InChI=1S/C13H19NO3/c1-9-10(2)12(16-3)6-5-11(9)14-8-7-13(15)17-4/h5-6,14H,7-8H2,1-4H3. The minimum atomic E-state index is -0.208. The lowest BCUT2D eigenvalue weighted by atomic mass is 10.1. The van der Waals surface area contributed by atoms with E-state index in [0.29, 0.717) is 13.0 Å². The first-order valence-corrected chi connectivity index (χ1v) is 5.55. The lowest BCUT2D eigenvalue weighted by Crippen LogP contribution is -2.10. The summed E-state index contributed by atoms with van der Waals surface area (Å²) in [5.41, 5.74) is 3.26. The second kappa shape index (κ2) is 6.13. The zero-order chi connectivity index (χ0) is 12.8. The molecule has 0 atom stereocenters. The van der Waals surface area contributed by atoms with Crippen LogP contribution in [0.15, 0.2) is 12.1 Å². The van der Waals surface area contributed by atoms with Crippen molar-refractivity contribution in [1.82, 2.24) is 0 Å². The number of anilines is 1. The van der Waals surface area contributed by atoms with Crippen LogP contribution < -0.4 is 10.1 Å². The van der Waals surface area contributed by atoms with Gasteiger partial charge in [-0.15, -0.1) is 0 Å². The van der Waals surface area contributed by atoms with Crippen molar-refractivity contribution in [1.29, 1.82) is 0 Å². The highest BCUT2D eigenvalue weighted by Gasteiger charge is 2.06. The summed E-state index contributed by atoms with van der Waals surface area (Å²) in [5, 5.41) is 3.21. The maximum absolute atomic E-state index is 11.0. The van der Waals surface area contributed by atoms with Gasteiger partial charge in [-0.05, 0) is 37.1 Å². The van der Waals surface area contributed by atoms with E-state index >= 15 is 0 Å². The smallest absolute Gasteiger partial charge is 0.307 e. The highest BCUT2D eigenvalue weighted by atomic mass is 16.5. The average Bonchev–Trinajstić information content (AvgIpc) is 2.34. The fourth-order valence-electron chi connectivity index (χ4n) is 1.61. The Morgan fingerprint density at radius 2 is 1.94 bits per heavy atom. The second-order valence-electron chi connectivity index (χ2n) is 3.82. The van der Waals surface area contributed by atoms with Crippen LogP contribution in [0.2, 0.25) is 0 Å². The van der Waals surface area contributed by atoms with Crippen LogP contribution in [0.4, 0.5) is 5.69 Å². The predicted molar refractivity (Wildman–Crippen MR) is 67.6 cm³/mol. The van der Waals surface area contributed by atoms with Crippen molar-refractivity contribution in [2.24, 2.45) is 0 Å². The van der Waals surface area contributed by atoms with Gasteiger partial charge < -0.3 is 14.8 Å². The van der Waals surface area contributed by atoms with E-state index in [1.54, 1.807) is 7.11 Å². The van der Waals surface area contributed by atoms with Crippen LogP contribution in [0.25, 0.3) is 0 Å². The van der Waals surface area contributed by atoms with Crippen molar-refractivity contribution in [3.63, 3.8) is 0 Å². The summed E-state index contributed by atoms with van der Waals surface area (Å²) in [5.74, 6) is 0.668. The van der Waals surface area contributed by atoms with E-state index in [1.165, 1.54) is 7.11 Å². The Hall–Kier alpha value is -1.71. The summed E-state index contributed by atoms with van der Waals surface area (Å²) < 4.78 is 9.82. The molecule has 0 saturated carbocycles. The van der Waals surface area contributed by atoms with E-state index in [0.717, 1.165) is 22.6 Å². The molecule has 1 N–H and O–H groups in total. The van der Waals surface area contributed by atoms with Gasteiger partial charge in [0, 0.05) is 12.2 Å². The number of hydrogen-bond donors (Lipinski definition) is 1. The molecule has 0 aromatic heterocycles. The molecule has 94 valence electrons. The second-order valence-corrected chi connectivity index (χ2v) is 3.82. The van der Waals surface area contributed by atoms with Crippen LogP contribution in [0, 0.1) is 13.8 Å². The van der Waals surface area contributed by atoms with Crippen LogP contribution in [0.3, 0.4) is 0 Å². The van der Waals surface area contributed by atoms with Crippen molar-refractivity contribution in [3.05, 3.63) is 23.3 Å². The van der Waals surface area contributed by atoms with Gasteiger partial charge in [0.2, 0.25) is 0 Å². The zero-order valence-corrected chi connectivity index (χ0v) is 10.8. The quantitative estimate of drug-likeness (QED) is 0.798. The van der Waals surface area contributed by atoms with Crippen molar-refractivity contribution in [2.45, 2.75) is 20.3 Å². The first kappa shape index (κ1) is 13.4. The molecular formula is C13H19NO3. The Morgan fingerprint density at radius 1 is 1.24 bits per heavy atom. The van der Waals surface area contributed by atoms with Crippen molar-refractivity contribution < 1.29 is 14.3 Å². The third-order valence-electron chi connectivity index (χ3n) is 2.83. The molecule has 0 bridgehead atoms. The van der Waals surface area contributed by atoms with Gasteiger partial charge in [0.15, 0.2) is 0 Å². The number of ether oxygens (including phenoxy) is 2.